The highest BCUT2D eigenvalue weighted by molar-refractivity contribution is 9.10. The zero-order valence-corrected chi connectivity index (χ0v) is 15.7. The first-order valence-corrected chi connectivity index (χ1v) is 8.43. The number of pyridine rings is 1. The lowest BCUT2D eigenvalue weighted by atomic mass is 10.2. The van der Waals surface area contributed by atoms with E-state index in [2.05, 4.69) is 20.9 Å². The van der Waals surface area contributed by atoms with Crippen molar-refractivity contribution in [3.8, 4) is 5.69 Å². The van der Waals surface area contributed by atoms with Crippen molar-refractivity contribution in [1.29, 1.82) is 0 Å². The van der Waals surface area contributed by atoms with Crippen LogP contribution in [0.15, 0.2) is 58.1 Å². The molecule has 0 spiro atoms. The van der Waals surface area contributed by atoms with Gasteiger partial charge in [0, 0.05) is 31.0 Å². The number of para-hydroxylation sites is 1. The Bertz CT molecular complexity index is 992. The van der Waals surface area contributed by atoms with Gasteiger partial charge in [-0.15, -0.1) is 0 Å². The SMILES string of the molecule is Cc1c(N(C)C(=O)c2cncc(Br)c2)c(=O)n(-c2ccccc2)n1C. The lowest BCUT2D eigenvalue weighted by Crippen LogP contribution is -2.31. The second kappa shape index (κ2) is 6.68. The highest BCUT2D eigenvalue weighted by atomic mass is 79.9. The molecular formula is C18H17BrN4O2. The van der Waals surface area contributed by atoms with Crippen LogP contribution in [-0.4, -0.2) is 27.3 Å². The third kappa shape index (κ3) is 3.02. The summed E-state index contributed by atoms with van der Waals surface area (Å²) in [6.45, 7) is 1.82. The zero-order valence-electron chi connectivity index (χ0n) is 14.1. The number of aromatic nitrogens is 3. The fourth-order valence-corrected chi connectivity index (χ4v) is 3.13. The van der Waals surface area contributed by atoms with Gasteiger partial charge in [0.1, 0.15) is 5.69 Å². The van der Waals surface area contributed by atoms with E-state index in [0.29, 0.717) is 21.4 Å². The molecule has 0 fully saturated rings. The minimum Gasteiger partial charge on any atom is -0.305 e. The van der Waals surface area contributed by atoms with Gasteiger partial charge in [-0.25, -0.2) is 4.68 Å². The van der Waals surface area contributed by atoms with E-state index >= 15 is 0 Å². The summed E-state index contributed by atoms with van der Waals surface area (Å²) in [5.41, 5.74) is 1.95. The predicted octanol–water partition coefficient (Wildman–Crippen LogP) is 2.92. The number of amides is 1. The topological polar surface area (TPSA) is 60.1 Å². The van der Waals surface area contributed by atoms with Crippen LogP contribution in [0.25, 0.3) is 5.69 Å². The Labute approximate surface area is 153 Å². The maximum absolute atomic E-state index is 13.0. The third-order valence-corrected chi connectivity index (χ3v) is 4.55. The fraction of sp³-hybridized carbons (Fsp3) is 0.167. The van der Waals surface area contributed by atoms with Crippen molar-refractivity contribution in [3.63, 3.8) is 0 Å². The Morgan fingerprint density at radius 3 is 2.52 bits per heavy atom. The number of hydrogen-bond donors (Lipinski definition) is 0. The average Bonchev–Trinajstić information content (AvgIpc) is 2.83. The van der Waals surface area contributed by atoms with Crippen LogP contribution in [-0.2, 0) is 7.05 Å². The van der Waals surface area contributed by atoms with E-state index in [1.807, 2.05) is 37.3 Å². The molecule has 0 aliphatic carbocycles. The molecule has 0 N–H and O–H groups in total. The van der Waals surface area contributed by atoms with Gasteiger partial charge >= 0.3 is 0 Å². The minimum atomic E-state index is -0.292. The van der Waals surface area contributed by atoms with E-state index in [0.717, 1.165) is 5.69 Å². The van der Waals surface area contributed by atoms with E-state index in [1.165, 1.54) is 11.1 Å². The average molecular weight is 401 g/mol. The highest BCUT2D eigenvalue weighted by Crippen LogP contribution is 2.20. The van der Waals surface area contributed by atoms with Crippen LogP contribution < -0.4 is 10.5 Å². The van der Waals surface area contributed by atoms with E-state index < -0.39 is 0 Å². The van der Waals surface area contributed by atoms with E-state index in [1.54, 1.807) is 35.7 Å². The first-order chi connectivity index (χ1) is 11.9. The maximum atomic E-state index is 13.0. The van der Waals surface area contributed by atoms with Gasteiger partial charge in [0.2, 0.25) is 0 Å². The quantitative estimate of drug-likeness (QED) is 0.678. The monoisotopic (exact) mass is 400 g/mol. The molecular weight excluding hydrogens is 384 g/mol. The molecule has 0 unspecified atom stereocenters. The number of rotatable bonds is 3. The van der Waals surface area contributed by atoms with Crippen LogP contribution in [0.2, 0.25) is 0 Å². The summed E-state index contributed by atoms with van der Waals surface area (Å²) >= 11 is 3.31. The number of carbonyl (C=O) groups is 1. The predicted molar refractivity (Wildman–Crippen MR) is 100 cm³/mol. The number of benzene rings is 1. The molecule has 0 saturated heterocycles. The molecule has 6 nitrogen and oxygen atoms in total. The molecule has 0 saturated carbocycles. The van der Waals surface area contributed by atoms with Gasteiger partial charge in [-0.1, -0.05) is 18.2 Å². The zero-order chi connectivity index (χ0) is 18.1. The normalized spacial score (nSPS) is 10.7. The Kier molecular flexibility index (Phi) is 4.59. The molecule has 2 heterocycles. The smallest absolute Gasteiger partial charge is 0.295 e. The summed E-state index contributed by atoms with van der Waals surface area (Å²) in [4.78, 5) is 31.1. The molecule has 0 bridgehead atoms. The first-order valence-electron chi connectivity index (χ1n) is 7.64. The molecule has 3 aromatic rings. The minimum absolute atomic E-state index is 0.245. The highest BCUT2D eigenvalue weighted by Gasteiger charge is 2.24. The number of nitrogens with zero attached hydrogens (tertiary/aromatic N) is 4. The molecule has 0 aliphatic rings. The van der Waals surface area contributed by atoms with E-state index in [9.17, 15) is 9.59 Å². The number of anilines is 1. The van der Waals surface area contributed by atoms with Crippen LogP contribution in [0.5, 0.6) is 0 Å². The van der Waals surface area contributed by atoms with Gasteiger partial charge in [0.15, 0.2) is 0 Å². The van der Waals surface area contributed by atoms with Gasteiger partial charge in [-0.2, -0.15) is 0 Å². The Hall–Kier alpha value is -2.67. The molecule has 128 valence electrons. The lowest BCUT2D eigenvalue weighted by molar-refractivity contribution is 0.0992. The van der Waals surface area contributed by atoms with Crippen molar-refractivity contribution in [3.05, 3.63) is 74.9 Å². The molecule has 0 atom stereocenters. The fourth-order valence-electron chi connectivity index (χ4n) is 2.76. The summed E-state index contributed by atoms with van der Waals surface area (Å²) in [5.74, 6) is -0.292. The second-order valence-electron chi connectivity index (χ2n) is 5.67. The van der Waals surface area contributed by atoms with Crippen molar-refractivity contribution < 1.29 is 4.79 Å². The van der Waals surface area contributed by atoms with Crippen molar-refractivity contribution in [2.75, 3.05) is 11.9 Å². The Morgan fingerprint density at radius 1 is 1.20 bits per heavy atom. The molecule has 1 amide bonds. The van der Waals surface area contributed by atoms with Crippen molar-refractivity contribution in [1.82, 2.24) is 14.3 Å². The van der Waals surface area contributed by atoms with Crippen molar-refractivity contribution in [2.24, 2.45) is 7.05 Å². The van der Waals surface area contributed by atoms with Gasteiger partial charge < -0.3 is 4.90 Å². The van der Waals surface area contributed by atoms with Crippen LogP contribution >= 0.6 is 15.9 Å². The van der Waals surface area contributed by atoms with Gasteiger partial charge in [0.25, 0.3) is 11.5 Å². The molecule has 7 heteroatoms. The number of hydrogen-bond acceptors (Lipinski definition) is 3. The molecule has 3 rings (SSSR count). The molecule has 2 aromatic heterocycles. The van der Waals surface area contributed by atoms with Crippen LogP contribution in [0.3, 0.4) is 0 Å². The number of halogens is 1. The van der Waals surface area contributed by atoms with Gasteiger partial charge in [-0.3, -0.25) is 19.3 Å². The molecule has 0 radical (unpaired) electrons. The largest absolute Gasteiger partial charge is 0.305 e. The Balaban J connectivity index is 2.09. The second-order valence-corrected chi connectivity index (χ2v) is 6.58. The summed E-state index contributed by atoms with van der Waals surface area (Å²) in [6.07, 6.45) is 3.09. The van der Waals surface area contributed by atoms with E-state index in [4.69, 9.17) is 0 Å². The molecule has 0 aliphatic heterocycles. The summed E-state index contributed by atoms with van der Waals surface area (Å²) in [5, 5.41) is 0. The summed E-state index contributed by atoms with van der Waals surface area (Å²) in [7, 11) is 3.40. The number of carbonyl (C=O) groups excluding carboxylic acids is 1. The van der Waals surface area contributed by atoms with Crippen LogP contribution in [0.4, 0.5) is 5.69 Å². The maximum Gasteiger partial charge on any atom is 0.295 e. The van der Waals surface area contributed by atoms with Crippen LogP contribution in [0.1, 0.15) is 16.1 Å². The summed E-state index contributed by atoms with van der Waals surface area (Å²) in [6, 6.07) is 11.0. The lowest BCUT2D eigenvalue weighted by Gasteiger charge is -2.15. The third-order valence-electron chi connectivity index (χ3n) is 4.12. The van der Waals surface area contributed by atoms with E-state index in [-0.39, 0.29) is 11.5 Å². The molecule has 1 aromatic carbocycles. The molecule has 25 heavy (non-hydrogen) atoms. The Morgan fingerprint density at radius 2 is 1.88 bits per heavy atom. The standard InChI is InChI=1S/C18H17BrN4O2/c1-12-16(21(2)17(24)13-9-14(19)11-20-10-13)18(25)23(22(12)3)15-7-5-4-6-8-15/h4-11H,1-3H3. The summed E-state index contributed by atoms with van der Waals surface area (Å²) < 4.78 is 4.00. The van der Waals surface area contributed by atoms with Gasteiger partial charge in [-0.05, 0) is 41.1 Å². The van der Waals surface area contributed by atoms with Crippen LogP contribution in [0, 0.1) is 6.92 Å². The first kappa shape index (κ1) is 17.2. The van der Waals surface area contributed by atoms with Crippen molar-refractivity contribution in [2.45, 2.75) is 6.92 Å². The van der Waals surface area contributed by atoms with Gasteiger partial charge in [0.05, 0.1) is 16.9 Å². The van der Waals surface area contributed by atoms with Crippen molar-refractivity contribution >= 4 is 27.5 Å².